The molecule has 4 rings (SSSR count). The minimum Gasteiger partial charge on any atom is -0.300 e. The molecule has 18 heavy (non-hydrogen) atoms. The lowest BCUT2D eigenvalue weighted by Crippen LogP contribution is -2.39. The molecule has 0 amide bonds. The summed E-state index contributed by atoms with van der Waals surface area (Å²) in [4.78, 5) is 2.63. The molecule has 0 aliphatic carbocycles. The maximum absolute atomic E-state index is 2.63. The first-order chi connectivity index (χ1) is 8.83. The highest BCUT2D eigenvalue weighted by Crippen LogP contribution is 2.44. The van der Waals surface area contributed by atoms with E-state index in [0.29, 0.717) is 0 Å². The highest BCUT2D eigenvalue weighted by atomic mass is 32.1. The fourth-order valence-corrected chi connectivity index (χ4v) is 5.02. The number of benzene rings is 1. The van der Waals surface area contributed by atoms with Gasteiger partial charge in [0.05, 0.1) is 0 Å². The van der Waals surface area contributed by atoms with E-state index in [-0.39, 0.29) is 0 Å². The van der Waals surface area contributed by atoms with E-state index in [4.69, 9.17) is 0 Å². The van der Waals surface area contributed by atoms with Crippen LogP contribution in [-0.2, 0) is 0 Å². The fraction of sp³-hybridized carbons (Fsp3) is 0.500. The van der Waals surface area contributed by atoms with Gasteiger partial charge in [-0.1, -0.05) is 18.2 Å². The highest BCUT2D eigenvalue weighted by Gasteiger charge is 2.39. The smallest absolute Gasteiger partial charge is 0.0345 e. The Labute approximate surface area is 112 Å². The average Bonchev–Trinajstić information content (AvgIpc) is 2.88. The Balaban J connectivity index is 1.72. The molecule has 3 heterocycles. The van der Waals surface area contributed by atoms with Crippen LogP contribution in [0, 0.1) is 0 Å². The summed E-state index contributed by atoms with van der Waals surface area (Å²) in [6, 6.07) is 10.6. The minimum absolute atomic E-state index is 0.801. The van der Waals surface area contributed by atoms with Crippen molar-refractivity contribution >= 4 is 21.4 Å². The van der Waals surface area contributed by atoms with Gasteiger partial charge in [0.25, 0.3) is 0 Å². The molecule has 2 bridgehead atoms. The van der Waals surface area contributed by atoms with Gasteiger partial charge in [0.2, 0.25) is 0 Å². The van der Waals surface area contributed by atoms with Crippen molar-refractivity contribution in [3.63, 3.8) is 0 Å². The summed E-state index contributed by atoms with van der Waals surface area (Å²) >= 11 is 1.92. The fourth-order valence-electron chi connectivity index (χ4n) is 3.98. The number of piperidine rings is 1. The molecule has 1 aromatic carbocycles. The summed E-state index contributed by atoms with van der Waals surface area (Å²) in [5.74, 6) is 0.801. The topological polar surface area (TPSA) is 3.24 Å². The van der Waals surface area contributed by atoms with Crippen molar-refractivity contribution in [2.24, 2.45) is 0 Å². The first kappa shape index (κ1) is 11.0. The molecule has 2 unspecified atom stereocenters. The molecular formula is C16H19NS. The Morgan fingerprint density at radius 2 is 1.83 bits per heavy atom. The van der Waals surface area contributed by atoms with Crippen molar-refractivity contribution in [2.75, 3.05) is 7.05 Å². The molecule has 2 aromatic rings. The van der Waals surface area contributed by atoms with Crippen LogP contribution in [0.3, 0.4) is 0 Å². The van der Waals surface area contributed by atoms with Gasteiger partial charge in [-0.15, -0.1) is 11.3 Å². The number of rotatable bonds is 1. The Kier molecular flexibility index (Phi) is 2.49. The normalized spacial score (nSPS) is 32.2. The van der Waals surface area contributed by atoms with Crippen molar-refractivity contribution in [3.05, 3.63) is 35.2 Å². The van der Waals surface area contributed by atoms with Gasteiger partial charge in [-0.05, 0) is 61.0 Å². The first-order valence-corrected chi connectivity index (χ1v) is 7.89. The second kappa shape index (κ2) is 4.07. The summed E-state index contributed by atoms with van der Waals surface area (Å²) in [5, 5.41) is 3.93. The monoisotopic (exact) mass is 257 g/mol. The maximum atomic E-state index is 2.63. The van der Waals surface area contributed by atoms with E-state index in [0.717, 1.165) is 18.0 Å². The van der Waals surface area contributed by atoms with Crippen LogP contribution in [0.4, 0.5) is 0 Å². The number of hydrogen-bond acceptors (Lipinski definition) is 2. The van der Waals surface area contributed by atoms with Crippen LogP contribution in [-0.4, -0.2) is 24.0 Å². The molecular weight excluding hydrogens is 238 g/mol. The molecule has 0 spiro atoms. The number of nitrogens with zero attached hydrogens (tertiary/aromatic N) is 1. The molecule has 0 radical (unpaired) electrons. The van der Waals surface area contributed by atoms with Gasteiger partial charge in [-0.3, -0.25) is 0 Å². The van der Waals surface area contributed by atoms with Gasteiger partial charge < -0.3 is 4.90 Å². The van der Waals surface area contributed by atoms with E-state index >= 15 is 0 Å². The average molecular weight is 257 g/mol. The van der Waals surface area contributed by atoms with Gasteiger partial charge in [0, 0.05) is 16.8 Å². The summed E-state index contributed by atoms with van der Waals surface area (Å²) < 4.78 is 1.46. The molecule has 0 saturated carbocycles. The van der Waals surface area contributed by atoms with Crippen molar-refractivity contribution in [1.29, 1.82) is 0 Å². The SMILES string of the molecule is CN1C2CCC1CC(c1csc3ccccc13)C2. The molecule has 1 aromatic heterocycles. The quantitative estimate of drug-likeness (QED) is 0.738. The van der Waals surface area contributed by atoms with Crippen LogP contribution in [0.2, 0.25) is 0 Å². The van der Waals surface area contributed by atoms with Crippen LogP contribution in [0.5, 0.6) is 0 Å². The van der Waals surface area contributed by atoms with Crippen molar-refractivity contribution in [2.45, 2.75) is 43.7 Å². The Morgan fingerprint density at radius 3 is 2.61 bits per heavy atom. The van der Waals surface area contributed by atoms with Gasteiger partial charge in [0.1, 0.15) is 0 Å². The van der Waals surface area contributed by atoms with E-state index in [1.165, 1.54) is 35.8 Å². The van der Waals surface area contributed by atoms with Gasteiger partial charge in [0.15, 0.2) is 0 Å². The molecule has 2 aliphatic rings. The lowest BCUT2D eigenvalue weighted by atomic mass is 9.85. The number of fused-ring (bicyclic) bond motifs is 3. The zero-order valence-electron chi connectivity index (χ0n) is 10.8. The number of thiophene rings is 1. The predicted molar refractivity (Wildman–Crippen MR) is 78.4 cm³/mol. The van der Waals surface area contributed by atoms with Gasteiger partial charge >= 0.3 is 0 Å². The molecule has 1 nitrogen and oxygen atoms in total. The van der Waals surface area contributed by atoms with Crippen molar-refractivity contribution in [1.82, 2.24) is 4.90 Å². The zero-order valence-corrected chi connectivity index (χ0v) is 11.6. The summed E-state index contributed by atoms with van der Waals surface area (Å²) in [6.07, 6.45) is 5.57. The van der Waals surface area contributed by atoms with Gasteiger partial charge in [-0.2, -0.15) is 0 Å². The minimum atomic E-state index is 0.801. The standard InChI is InChI=1S/C16H19NS/c1-17-12-6-7-13(17)9-11(8-12)15-10-18-16-5-3-2-4-14(15)16/h2-5,10-13H,6-9H2,1H3. The third kappa shape index (κ3) is 1.55. The zero-order chi connectivity index (χ0) is 12.1. The molecule has 0 N–H and O–H groups in total. The first-order valence-electron chi connectivity index (χ1n) is 7.01. The van der Waals surface area contributed by atoms with Crippen molar-refractivity contribution < 1.29 is 0 Å². The molecule has 2 atom stereocenters. The number of hydrogen-bond donors (Lipinski definition) is 0. The summed E-state index contributed by atoms with van der Waals surface area (Å²) in [6.45, 7) is 0. The Morgan fingerprint density at radius 1 is 1.11 bits per heavy atom. The van der Waals surface area contributed by atoms with Crippen LogP contribution in [0.15, 0.2) is 29.6 Å². The maximum Gasteiger partial charge on any atom is 0.0345 e. The molecule has 2 saturated heterocycles. The molecule has 2 fully saturated rings. The second-order valence-electron chi connectivity index (χ2n) is 5.91. The predicted octanol–water partition coefficient (Wildman–Crippen LogP) is 4.24. The third-order valence-electron chi connectivity index (χ3n) is 5.05. The third-order valence-corrected chi connectivity index (χ3v) is 6.03. The Hall–Kier alpha value is -0.860. The molecule has 2 heteroatoms. The summed E-state index contributed by atoms with van der Waals surface area (Å²) in [5.41, 5.74) is 1.63. The van der Waals surface area contributed by atoms with Crippen LogP contribution in [0.25, 0.3) is 10.1 Å². The summed E-state index contributed by atoms with van der Waals surface area (Å²) in [7, 11) is 2.32. The van der Waals surface area contributed by atoms with E-state index < -0.39 is 0 Å². The highest BCUT2D eigenvalue weighted by molar-refractivity contribution is 7.17. The molecule has 2 aliphatic heterocycles. The van der Waals surface area contributed by atoms with Crippen LogP contribution < -0.4 is 0 Å². The van der Waals surface area contributed by atoms with E-state index in [1.54, 1.807) is 5.56 Å². The van der Waals surface area contributed by atoms with E-state index in [9.17, 15) is 0 Å². The Bertz CT molecular complexity index is 559. The second-order valence-corrected chi connectivity index (χ2v) is 6.82. The van der Waals surface area contributed by atoms with Crippen LogP contribution >= 0.6 is 11.3 Å². The largest absolute Gasteiger partial charge is 0.300 e. The van der Waals surface area contributed by atoms with Gasteiger partial charge in [-0.25, -0.2) is 0 Å². The van der Waals surface area contributed by atoms with Crippen molar-refractivity contribution in [3.8, 4) is 0 Å². The lowest BCUT2D eigenvalue weighted by molar-refractivity contribution is 0.162. The molecule has 94 valence electrons. The lowest BCUT2D eigenvalue weighted by Gasteiger charge is -2.36. The van der Waals surface area contributed by atoms with E-state index in [2.05, 4.69) is 41.6 Å². The van der Waals surface area contributed by atoms with E-state index in [1.807, 2.05) is 11.3 Å². The van der Waals surface area contributed by atoms with Crippen LogP contribution in [0.1, 0.15) is 37.2 Å².